The first-order valence-corrected chi connectivity index (χ1v) is 10.6. The second-order valence-corrected chi connectivity index (χ2v) is 7.54. The molecule has 8 N–H and O–H groups in total. The van der Waals surface area contributed by atoms with Crippen molar-refractivity contribution in [3.63, 3.8) is 0 Å². The quantitative estimate of drug-likeness (QED) is 0.136. The van der Waals surface area contributed by atoms with E-state index in [-0.39, 0.29) is 30.3 Å². The Balaban J connectivity index is 5.19. The van der Waals surface area contributed by atoms with Gasteiger partial charge in [0, 0.05) is 17.9 Å². The molecule has 0 heterocycles. The third-order valence-electron chi connectivity index (χ3n) is 4.44. The highest BCUT2D eigenvalue weighted by Gasteiger charge is 2.31. The number of primary amides is 1. The molecule has 13 heteroatoms. The van der Waals surface area contributed by atoms with Crippen molar-refractivity contribution in [3.05, 3.63) is 0 Å². The van der Waals surface area contributed by atoms with Crippen LogP contribution >= 0.6 is 25.3 Å². The monoisotopic (exact) mass is 465 g/mol. The maximum absolute atomic E-state index is 12.7. The van der Waals surface area contributed by atoms with Crippen molar-refractivity contribution in [3.8, 4) is 0 Å². The van der Waals surface area contributed by atoms with Crippen LogP contribution in [0.5, 0.6) is 0 Å². The molecule has 0 aliphatic rings. The fourth-order valence-corrected chi connectivity index (χ4v) is 2.81. The minimum absolute atomic E-state index is 0.0258. The van der Waals surface area contributed by atoms with Crippen LogP contribution in [0, 0.1) is 5.92 Å². The topological polar surface area (TPSA) is 194 Å². The van der Waals surface area contributed by atoms with Gasteiger partial charge in [-0.1, -0.05) is 20.3 Å². The molecule has 0 aliphatic carbocycles. The van der Waals surface area contributed by atoms with Crippen LogP contribution in [-0.4, -0.2) is 70.4 Å². The molecule has 30 heavy (non-hydrogen) atoms. The Kier molecular flexibility index (Phi) is 13.2. The van der Waals surface area contributed by atoms with Crippen LogP contribution in [0.2, 0.25) is 0 Å². The predicted molar refractivity (Wildman–Crippen MR) is 117 cm³/mol. The summed E-state index contributed by atoms with van der Waals surface area (Å²) < 4.78 is 0. The van der Waals surface area contributed by atoms with E-state index in [2.05, 4.69) is 41.2 Å². The molecule has 0 saturated heterocycles. The van der Waals surface area contributed by atoms with Crippen LogP contribution in [0.1, 0.15) is 33.1 Å². The summed E-state index contributed by atoms with van der Waals surface area (Å²) in [4.78, 5) is 59.3. The third-order valence-corrected chi connectivity index (χ3v) is 5.17. The summed E-state index contributed by atoms with van der Waals surface area (Å²) in [5, 5.41) is 16.3. The number of carbonyl (C=O) groups is 5. The van der Waals surface area contributed by atoms with Crippen LogP contribution < -0.4 is 27.4 Å². The van der Waals surface area contributed by atoms with Gasteiger partial charge in [-0.2, -0.15) is 25.3 Å². The molecule has 4 amide bonds. The smallest absolute Gasteiger partial charge is 0.327 e. The zero-order chi connectivity index (χ0) is 23.4. The van der Waals surface area contributed by atoms with E-state index in [4.69, 9.17) is 16.6 Å². The van der Waals surface area contributed by atoms with E-state index in [0.717, 1.165) is 0 Å². The molecule has 0 rings (SSSR count). The minimum atomic E-state index is -1.27. The van der Waals surface area contributed by atoms with Gasteiger partial charge in [-0.25, -0.2) is 4.79 Å². The van der Waals surface area contributed by atoms with Gasteiger partial charge in [-0.05, 0) is 12.3 Å². The largest absolute Gasteiger partial charge is 0.480 e. The number of carboxylic acids is 1. The van der Waals surface area contributed by atoms with Crippen molar-refractivity contribution < 1.29 is 29.1 Å². The first kappa shape index (κ1) is 28.0. The Morgan fingerprint density at radius 3 is 1.90 bits per heavy atom. The van der Waals surface area contributed by atoms with Crippen molar-refractivity contribution in [2.75, 3.05) is 11.5 Å². The van der Waals surface area contributed by atoms with Crippen LogP contribution in [0.3, 0.4) is 0 Å². The maximum atomic E-state index is 12.7. The standard InChI is InChI=1S/C17H31N5O6S2/c1-3-8(2)13(22-14(24)9(18)4-5-12(19)23)16(26)20-10(6-29)15(25)21-11(7-30)17(27)28/h8-11,13,29-30H,3-7,18H2,1-2H3,(H2,19,23)(H,20,26)(H,21,25)(H,22,24)(H,27,28). The van der Waals surface area contributed by atoms with Crippen molar-refractivity contribution in [1.29, 1.82) is 0 Å². The van der Waals surface area contributed by atoms with E-state index >= 15 is 0 Å². The van der Waals surface area contributed by atoms with Gasteiger partial charge in [0.05, 0.1) is 6.04 Å². The van der Waals surface area contributed by atoms with Crippen LogP contribution in [-0.2, 0) is 24.0 Å². The number of hydrogen-bond acceptors (Lipinski definition) is 8. The van der Waals surface area contributed by atoms with E-state index in [1.54, 1.807) is 6.92 Å². The molecule has 0 radical (unpaired) electrons. The highest BCUT2D eigenvalue weighted by Crippen LogP contribution is 2.10. The third kappa shape index (κ3) is 9.67. The number of carboxylic acid groups (broad SMARTS) is 1. The van der Waals surface area contributed by atoms with Crippen molar-refractivity contribution in [2.45, 2.75) is 57.3 Å². The molecule has 0 spiro atoms. The molecule has 172 valence electrons. The summed E-state index contributed by atoms with van der Waals surface area (Å²) in [6.45, 7) is 3.55. The van der Waals surface area contributed by atoms with Gasteiger partial charge < -0.3 is 32.5 Å². The average molecular weight is 466 g/mol. The first-order valence-electron chi connectivity index (χ1n) is 9.37. The number of thiol groups is 2. The van der Waals surface area contributed by atoms with Gasteiger partial charge in [0.25, 0.3) is 0 Å². The Morgan fingerprint density at radius 2 is 1.47 bits per heavy atom. The summed E-state index contributed by atoms with van der Waals surface area (Å²) in [5.41, 5.74) is 10.8. The number of nitrogens with two attached hydrogens (primary N) is 2. The summed E-state index contributed by atoms with van der Waals surface area (Å²) in [6, 6.07) is -4.40. The summed E-state index contributed by atoms with van der Waals surface area (Å²) >= 11 is 7.90. The molecule has 0 aliphatic heterocycles. The van der Waals surface area contributed by atoms with Gasteiger partial charge >= 0.3 is 5.97 Å². The highest BCUT2D eigenvalue weighted by atomic mass is 32.1. The Labute approximate surface area is 186 Å². The van der Waals surface area contributed by atoms with Gasteiger partial charge in [-0.3, -0.25) is 19.2 Å². The molecule has 5 atom stereocenters. The molecule has 0 aromatic rings. The lowest BCUT2D eigenvalue weighted by atomic mass is 9.97. The van der Waals surface area contributed by atoms with Crippen molar-refractivity contribution in [2.24, 2.45) is 17.4 Å². The number of rotatable bonds is 14. The second-order valence-electron chi connectivity index (χ2n) is 6.81. The fraction of sp³-hybridized carbons (Fsp3) is 0.706. The Bertz CT molecular complexity index is 636. The van der Waals surface area contributed by atoms with Crippen LogP contribution in [0.25, 0.3) is 0 Å². The molecule has 11 nitrogen and oxygen atoms in total. The molecule has 0 fully saturated rings. The number of carbonyl (C=O) groups excluding carboxylic acids is 4. The number of hydrogen-bond donors (Lipinski definition) is 8. The number of aliphatic carboxylic acids is 1. The SMILES string of the molecule is CCC(C)C(NC(=O)C(N)CCC(N)=O)C(=O)NC(CS)C(=O)NC(CS)C(=O)O. The van der Waals surface area contributed by atoms with E-state index < -0.39 is 53.8 Å². The maximum Gasteiger partial charge on any atom is 0.327 e. The van der Waals surface area contributed by atoms with E-state index in [1.165, 1.54) is 0 Å². The lowest BCUT2D eigenvalue weighted by Gasteiger charge is -2.27. The second kappa shape index (κ2) is 14.1. The predicted octanol–water partition coefficient (Wildman–Crippen LogP) is -1.98. The Morgan fingerprint density at radius 1 is 0.933 bits per heavy atom. The normalized spacial score (nSPS) is 15.8. The van der Waals surface area contributed by atoms with Crippen LogP contribution in [0.4, 0.5) is 0 Å². The molecule has 5 unspecified atom stereocenters. The fourth-order valence-electron chi connectivity index (χ4n) is 2.30. The zero-order valence-electron chi connectivity index (χ0n) is 17.0. The molecule has 0 aromatic heterocycles. The summed E-state index contributed by atoms with van der Waals surface area (Å²) in [5.74, 6) is -4.43. The lowest BCUT2D eigenvalue weighted by Crippen LogP contribution is -2.59. The van der Waals surface area contributed by atoms with Crippen LogP contribution in [0.15, 0.2) is 0 Å². The Hall–Kier alpha value is -1.99. The molecular weight excluding hydrogens is 434 g/mol. The zero-order valence-corrected chi connectivity index (χ0v) is 18.7. The lowest BCUT2D eigenvalue weighted by molar-refractivity contribution is -0.141. The van der Waals surface area contributed by atoms with E-state index in [0.29, 0.717) is 6.42 Å². The van der Waals surface area contributed by atoms with E-state index in [9.17, 15) is 24.0 Å². The van der Waals surface area contributed by atoms with Crippen molar-refractivity contribution in [1.82, 2.24) is 16.0 Å². The molecular formula is C17H31N5O6S2. The van der Waals surface area contributed by atoms with Gasteiger partial charge in [0.15, 0.2) is 0 Å². The molecule has 0 bridgehead atoms. The van der Waals surface area contributed by atoms with Gasteiger partial charge in [0.2, 0.25) is 23.6 Å². The minimum Gasteiger partial charge on any atom is -0.480 e. The number of amides is 4. The first-order chi connectivity index (χ1) is 14.0. The highest BCUT2D eigenvalue weighted by molar-refractivity contribution is 7.80. The van der Waals surface area contributed by atoms with Crippen molar-refractivity contribution >= 4 is 54.9 Å². The molecule has 0 aromatic carbocycles. The van der Waals surface area contributed by atoms with Gasteiger partial charge in [0.1, 0.15) is 18.1 Å². The molecule has 0 saturated carbocycles. The average Bonchev–Trinajstić information content (AvgIpc) is 2.70. The summed E-state index contributed by atoms with van der Waals surface area (Å²) in [6.07, 6.45) is 0.484. The van der Waals surface area contributed by atoms with Gasteiger partial charge in [-0.15, -0.1) is 0 Å². The summed E-state index contributed by atoms with van der Waals surface area (Å²) in [7, 11) is 0. The van der Waals surface area contributed by atoms with E-state index in [1.807, 2.05) is 6.92 Å². The number of nitrogens with one attached hydrogen (secondary N) is 3.